The number of urea groups is 2. The molecule has 14 nitrogen and oxygen atoms in total. The van der Waals surface area contributed by atoms with Crippen molar-refractivity contribution in [2.75, 3.05) is 42.7 Å². The molecule has 1 aliphatic rings. The minimum absolute atomic E-state index is 0.200. The Hall–Kier alpha value is -4.59. The molecule has 0 saturated carbocycles. The highest BCUT2D eigenvalue weighted by molar-refractivity contribution is 6.03. The summed E-state index contributed by atoms with van der Waals surface area (Å²) in [4.78, 5) is 42.5. The zero-order chi connectivity index (χ0) is 30.7. The maximum absolute atomic E-state index is 13.7. The van der Waals surface area contributed by atoms with Gasteiger partial charge in [0.25, 0.3) is 5.91 Å². The van der Waals surface area contributed by atoms with Gasteiger partial charge in [-0.3, -0.25) is 4.79 Å². The third-order valence-electron chi connectivity index (χ3n) is 7.26. The second-order valence-corrected chi connectivity index (χ2v) is 10.6. The first-order valence-electron chi connectivity index (χ1n) is 13.6. The molecule has 226 valence electrons. The van der Waals surface area contributed by atoms with Crippen molar-refractivity contribution in [2.24, 2.45) is 5.92 Å². The Morgan fingerprint density at radius 3 is 2.26 bits per heavy atom. The number of carbonyl (C=O) groups excluding carboxylic acids is 3. The quantitative estimate of drug-likeness (QED) is 0.321. The van der Waals surface area contributed by atoms with Crippen LogP contribution >= 0.6 is 0 Å². The second-order valence-electron chi connectivity index (χ2n) is 10.6. The number of amides is 5. The lowest BCUT2D eigenvalue weighted by atomic mass is 9.99. The predicted molar refractivity (Wildman–Crippen MR) is 154 cm³/mol. The topological polar surface area (TPSA) is 175 Å². The number of anilines is 3. The van der Waals surface area contributed by atoms with Crippen molar-refractivity contribution in [2.45, 2.75) is 53.7 Å². The van der Waals surface area contributed by atoms with E-state index >= 15 is 0 Å². The zero-order valence-electron chi connectivity index (χ0n) is 24.8. The van der Waals surface area contributed by atoms with Crippen molar-refractivity contribution in [3.8, 4) is 5.75 Å². The molecule has 0 bridgehead atoms. The highest BCUT2D eigenvalue weighted by Crippen LogP contribution is 2.31. The normalized spacial score (nSPS) is 17.4. The number of rotatable bonds is 7. The molecule has 14 heteroatoms. The van der Waals surface area contributed by atoms with E-state index in [1.807, 2.05) is 6.92 Å². The number of hydrogen-bond donors (Lipinski definition) is 4. The van der Waals surface area contributed by atoms with Gasteiger partial charge in [-0.05, 0) is 52.8 Å². The number of nitrogens with zero attached hydrogens (tertiary/aromatic N) is 4. The number of aryl methyl sites for hydroxylation is 4. The van der Waals surface area contributed by atoms with Gasteiger partial charge in [-0.25, -0.2) is 9.59 Å². The van der Waals surface area contributed by atoms with Crippen LogP contribution in [0, 0.1) is 33.6 Å². The fourth-order valence-corrected chi connectivity index (χ4v) is 4.67. The van der Waals surface area contributed by atoms with Crippen LogP contribution in [0.3, 0.4) is 0 Å². The Morgan fingerprint density at radius 2 is 1.69 bits per heavy atom. The Morgan fingerprint density at radius 1 is 1.07 bits per heavy atom. The van der Waals surface area contributed by atoms with Gasteiger partial charge in [-0.15, -0.1) is 0 Å². The van der Waals surface area contributed by atoms with E-state index in [-0.39, 0.29) is 43.1 Å². The van der Waals surface area contributed by atoms with E-state index < -0.39 is 18.2 Å². The number of hydrogen-bond acceptors (Lipinski definition) is 9. The molecule has 42 heavy (non-hydrogen) atoms. The molecule has 0 aliphatic carbocycles. The van der Waals surface area contributed by atoms with Crippen LogP contribution in [-0.2, 0) is 0 Å². The SMILES string of the molecule is Cc1noc(C)c1NC(=O)Nc1ccc2c(c1)C(=O)N([C@H](C)CO)C[C@@H](C)[C@@H](CN(C)C(=O)Nc1c(C)noc1C)O2. The summed E-state index contributed by atoms with van der Waals surface area (Å²) in [6.07, 6.45) is -0.507. The van der Waals surface area contributed by atoms with Gasteiger partial charge in [0.2, 0.25) is 0 Å². The maximum Gasteiger partial charge on any atom is 0.323 e. The molecule has 1 aliphatic heterocycles. The molecular weight excluding hydrogens is 546 g/mol. The van der Waals surface area contributed by atoms with E-state index in [4.69, 9.17) is 13.8 Å². The van der Waals surface area contributed by atoms with Crippen LogP contribution < -0.4 is 20.7 Å². The van der Waals surface area contributed by atoms with Crippen molar-refractivity contribution in [1.29, 1.82) is 0 Å². The fourth-order valence-electron chi connectivity index (χ4n) is 4.67. The molecule has 0 radical (unpaired) electrons. The van der Waals surface area contributed by atoms with Crippen LogP contribution in [0.25, 0.3) is 0 Å². The number of likely N-dealkylation sites (N-methyl/N-ethyl adjacent to an activating group) is 1. The van der Waals surface area contributed by atoms with Crippen molar-refractivity contribution in [1.82, 2.24) is 20.1 Å². The average molecular weight is 584 g/mol. The van der Waals surface area contributed by atoms with Crippen LogP contribution in [0.5, 0.6) is 5.75 Å². The van der Waals surface area contributed by atoms with Gasteiger partial charge < -0.3 is 44.6 Å². The lowest BCUT2D eigenvalue weighted by molar-refractivity contribution is 0.0371. The Balaban J connectivity index is 1.57. The first kappa shape index (κ1) is 30.4. The number of carbonyl (C=O) groups is 3. The van der Waals surface area contributed by atoms with Crippen LogP contribution in [-0.4, -0.2) is 82.1 Å². The molecule has 4 rings (SSSR count). The van der Waals surface area contributed by atoms with E-state index in [0.717, 1.165) is 0 Å². The third-order valence-corrected chi connectivity index (χ3v) is 7.26. The standard InChI is InChI=1S/C28H37N7O7/c1-14-11-35(15(2)13-36)26(37)21-10-20(29-27(38)30-24-16(3)32-41-18(24)5)8-9-22(21)40-23(14)12-34(7)28(39)31-25-17(4)33-42-19(25)6/h8-10,14-15,23,36H,11-13H2,1-7H3,(H,31,39)(H2,29,30,38)/t14-,15-,23-/m1/s1. The number of ether oxygens (including phenoxy) is 1. The average Bonchev–Trinajstić information content (AvgIpc) is 3.44. The van der Waals surface area contributed by atoms with E-state index in [1.165, 1.54) is 11.0 Å². The minimum atomic E-state index is -0.540. The van der Waals surface area contributed by atoms with Crippen LogP contribution in [0.15, 0.2) is 27.2 Å². The lowest BCUT2D eigenvalue weighted by Gasteiger charge is -2.38. The third kappa shape index (κ3) is 6.48. The van der Waals surface area contributed by atoms with E-state index in [1.54, 1.807) is 58.7 Å². The van der Waals surface area contributed by atoms with E-state index in [0.29, 0.717) is 45.7 Å². The van der Waals surface area contributed by atoms with Crippen molar-refractivity contribution >= 4 is 35.0 Å². The number of benzene rings is 1. The van der Waals surface area contributed by atoms with Crippen LogP contribution in [0.2, 0.25) is 0 Å². The Labute approximate surface area is 243 Å². The number of aliphatic hydroxyl groups is 1. The second kappa shape index (κ2) is 12.5. The summed E-state index contributed by atoms with van der Waals surface area (Å²) in [5.41, 5.74) is 2.63. The van der Waals surface area contributed by atoms with Crippen molar-refractivity contribution in [3.63, 3.8) is 0 Å². The monoisotopic (exact) mass is 583 g/mol. The van der Waals surface area contributed by atoms with Crippen LogP contribution in [0.1, 0.15) is 47.1 Å². The van der Waals surface area contributed by atoms with E-state index in [2.05, 4.69) is 26.3 Å². The van der Waals surface area contributed by atoms with Crippen molar-refractivity contribution in [3.05, 3.63) is 46.7 Å². The first-order valence-corrected chi connectivity index (χ1v) is 13.6. The number of nitrogens with one attached hydrogen (secondary N) is 3. The highest BCUT2D eigenvalue weighted by atomic mass is 16.5. The number of fused-ring (bicyclic) bond motifs is 1. The van der Waals surface area contributed by atoms with Crippen molar-refractivity contribution < 1.29 is 33.3 Å². The van der Waals surface area contributed by atoms with Crippen LogP contribution in [0.4, 0.5) is 26.7 Å². The van der Waals surface area contributed by atoms with Gasteiger partial charge >= 0.3 is 12.1 Å². The molecular formula is C28H37N7O7. The van der Waals surface area contributed by atoms with Gasteiger partial charge in [0, 0.05) is 25.2 Å². The summed E-state index contributed by atoms with van der Waals surface area (Å²) in [6.45, 7) is 10.8. The zero-order valence-corrected chi connectivity index (χ0v) is 24.8. The van der Waals surface area contributed by atoms with Gasteiger partial charge in [-0.1, -0.05) is 17.2 Å². The molecule has 0 unspecified atom stereocenters. The summed E-state index contributed by atoms with van der Waals surface area (Å²) >= 11 is 0. The predicted octanol–water partition coefficient (Wildman–Crippen LogP) is 3.92. The summed E-state index contributed by atoms with van der Waals surface area (Å²) in [5.74, 6) is 0.697. The molecule has 2 aromatic heterocycles. The molecule has 0 spiro atoms. The molecule has 0 saturated heterocycles. The number of aromatic nitrogens is 2. The van der Waals surface area contributed by atoms with Gasteiger partial charge in [0.05, 0.1) is 24.8 Å². The smallest absolute Gasteiger partial charge is 0.323 e. The molecule has 0 fully saturated rings. The summed E-state index contributed by atoms with van der Waals surface area (Å²) in [6, 6.07) is 3.37. The minimum Gasteiger partial charge on any atom is -0.487 e. The fraction of sp³-hybridized carbons (Fsp3) is 0.464. The van der Waals surface area contributed by atoms with E-state index in [9.17, 15) is 19.5 Å². The lowest BCUT2D eigenvalue weighted by Crippen LogP contribution is -2.50. The molecule has 5 amide bonds. The van der Waals surface area contributed by atoms with Gasteiger partial charge in [0.15, 0.2) is 11.5 Å². The highest BCUT2D eigenvalue weighted by Gasteiger charge is 2.34. The van der Waals surface area contributed by atoms with Gasteiger partial charge in [0.1, 0.15) is 34.6 Å². The molecule has 3 heterocycles. The summed E-state index contributed by atoms with van der Waals surface area (Å²) < 4.78 is 16.6. The molecule has 1 aromatic carbocycles. The summed E-state index contributed by atoms with van der Waals surface area (Å²) in [7, 11) is 1.65. The maximum atomic E-state index is 13.7. The molecule has 3 atom stereocenters. The Kier molecular flexibility index (Phi) is 9.05. The van der Waals surface area contributed by atoms with Gasteiger partial charge in [-0.2, -0.15) is 0 Å². The molecule has 3 aromatic rings. The number of aliphatic hydroxyl groups excluding tert-OH is 1. The first-order chi connectivity index (χ1) is 19.9. The Bertz CT molecular complexity index is 1430. The summed E-state index contributed by atoms with van der Waals surface area (Å²) in [5, 5.41) is 25.9. The largest absolute Gasteiger partial charge is 0.487 e. The molecule has 4 N–H and O–H groups in total.